The van der Waals surface area contributed by atoms with Gasteiger partial charge in [-0.15, -0.1) is 0 Å². The molecule has 1 N–H and O–H groups in total. The third-order valence-electron chi connectivity index (χ3n) is 2.84. The first-order valence-corrected chi connectivity index (χ1v) is 5.95. The molecule has 0 spiro atoms. The first-order valence-electron chi connectivity index (χ1n) is 5.95. The molecule has 0 radical (unpaired) electrons. The smallest absolute Gasteiger partial charge is 0.0955 e. The Labute approximate surface area is 102 Å². The van der Waals surface area contributed by atoms with E-state index in [1.54, 1.807) is 0 Å². The summed E-state index contributed by atoms with van der Waals surface area (Å²) in [6.45, 7) is 3.09. The van der Waals surface area contributed by atoms with Gasteiger partial charge < -0.3 is 5.32 Å². The predicted molar refractivity (Wildman–Crippen MR) is 71.0 cm³/mol. The van der Waals surface area contributed by atoms with E-state index >= 15 is 0 Å². The highest BCUT2D eigenvalue weighted by Gasteiger charge is 2.09. The minimum absolute atomic E-state index is 0.977. The summed E-state index contributed by atoms with van der Waals surface area (Å²) in [6.07, 6.45) is 3.11. The predicted octanol–water partition coefficient (Wildman–Crippen LogP) is 2.16. The van der Waals surface area contributed by atoms with Crippen LogP contribution in [0.5, 0.6) is 0 Å². The molecule has 17 heavy (non-hydrogen) atoms. The zero-order chi connectivity index (χ0) is 12.3. The summed E-state index contributed by atoms with van der Waals surface area (Å²) in [5, 5.41) is 7.74. The van der Waals surface area contributed by atoms with Gasteiger partial charge in [0.2, 0.25) is 0 Å². The molecular formula is C14H19N3. The first kappa shape index (κ1) is 11.9. The van der Waals surface area contributed by atoms with Crippen LogP contribution in [0.3, 0.4) is 0 Å². The molecule has 0 bridgehead atoms. The van der Waals surface area contributed by atoms with Crippen LogP contribution in [0.15, 0.2) is 30.5 Å². The first-order chi connectivity index (χ1) is 8.20. The second-order valence-electron chi connectivity index (χ2n) is 4.40. The summed E-state index contributed by atoms with van der Waals surface area (Å²) in [6, 6.07) is 8.50. The Kier molecular flexibility index (Phi) is 3.59. The molecule has 0 fully saturated rings. The molecule has 1 aromatic heterocycles. The molecule has 0 aliphatic rings. The van der Waals surface area contributed by atoms with Gasteiger partial charge in [0.15, 0.2) is 0 Å². The normalized spacial score (nSPS) is 10.8. The van der Waals surface area contributed by atoms with E-state index < -0.39 is 0 Å². The van der Waals surface area contributed by atoms with E-state index in [-0.39, 0.29) is 0 Å². The maximum Gasteiger partial charge on any atom is 0.0955 e. The molecule has 2 rings (SSSR count). The number of aryl methyl sites for hydroxylation is 2. The molecule has 0 aliphatic carbocycles. The van der Waals surface area contributed by atoms with Crippen molar-refractivity contribution in [1.29, 1.82) is 0 Å². The number of benzene rings is 1. The van der Waals surface area contributed by atoms with Gasteiger partial charge in [-0.2, -0.15) is 5.10 Å². The van der Waals surface area contributed by atoms with Crippen LogP contribution in [0.1, 0.15) is 11.1 Å². The lowest BCUT2D eigenvalue weighted by molar-refractivity contribution is 0.765. The van der Waals surface area contributed by atoms with Crippen molar-refractivity contribution < 1.29 is 0 Å². The third kappa shape index (κ3) is 2.74. The highest BCUT2D eigenvalue weighted by atomic mass is 15.2. The van der Waals surface area contributed by atoms with Crippen molar-refractivity contribution in [3.63, 3.8) is 0 Å². The van der Waals surface area contributed by atoms with Crippen molar-refractivity contribution in [2.24, 2.45) is 7.05 Å². The number of likely N-dealkylation sites (N-methyl/N-ethyl adjacent to an activating group) is 1. The lowest BCUT2D eigenvalue weighted by Gasteiger charge is -2.03. The molecule has 0 saturated heterocycles. The van der Waals surface area contributed by atoms with E-state index in [2.05, 4.69) is 47.8 Å². The van der Waals surface area contributed by atoms with Gasteiger partial charge in [0.1, 0.15) is 0 Å². The van der Waals surface area contributed by atoms with Crippen molar-refractivity contribution >= 4 is 0 Å². The number of hydrogen-bond donors (Lipinski definition) is 1. The number of hydrogen-bond acceptors (Lipinski definition) is 2. The number of nitrogens with zero attached hydrogens (tertiary/aromatic N) is 2. The van der Waals surface area contributed by atoms with Gasteiger partial charge in [0, 0.05) is 18.8 Å². The average molecular weight is 229 g/mol. The lowest BCUT2D eigenvalue weighted by atomic mass is 10.0. The van der Waals surface area contributed by atoms with Crippen LogP contribution in [0.25, 0.3) is 11.3 Å². The summed E-state index contributed by atoms with van der Waals surface area (Å²) in [4.78, 5) is 0. The fraction of sp³-hybridized carbons (Fsp3) is 0.357. The molecule has 1 aromatic carbocycles. The van der Waals surface area contributed by atoms with E-state index in [0.29, 0.717) is 0 Å². The number of rotatable bonds is 4. The van der Waals surface area contributed by atoms with E-state index in [1.165, 1.54) is 16.7 Å². The number of aromatic nitrogens is 2. The monoisotopic (exact) mass is 229 g/mol. The Morgan fingerprint density at radius 2 is 2.18 bits per heavy atom. The second-order valence-corrected chi connectivity index (χ2v) is 4.40. The molecule has 0 amide bonds. The largest absolute Gasteiger partial charge is 0.319 e. The minimum Gasteiger partial charge on any atom is -0.319 e. The molecule has 0 unspecified atom stereocenters. The van der Waals surface area contributed by atoms with Crippen molar-refractivity contribution in [1.82, 2.24) is 15.1 Å². The standard InChI is InChI=1S/C14H19N3/c1-11-5-4-6-12(9-11)14-13(7-8-15-2)10-17(3)16-14/h4-6,9-10,15H,7-8H2,1-3H3. The molecule has 0 saturated carbocycles. The summed E-state index contributed by atoms with van der Waals surface area (Å²) in [7, 11) is 3.95. The van der Waals surface area contributed by atoms with Crippen LogP contribution >= 0.6 is 0 Å². The Bertz CT molecular complexity index is 500. The summed E-state index contributed by atoms with van der Waals surface area (Å²) in [5.74, 6) is 0. The minimum atomic E-state index is 0.977. The van der Waals surface area contributed by atoms with Gasteiger partial charge in [0.05, 0.1) is 5.69 Å². The second kappa shape index (κ2) is 5.15. The zero-order valence-corrected chi connectivity index (χ0v) is 10.7. The highest BCUT2D eigenvalue weighted by molar-refractivity contribution is 5.63. The third-order valence-corrected chi connectivity index (χ3v) is 2.84. The Hall–Kier alpha value is -1.61. The van der Waals surface area contributed by atoms with Crippen LogP contribution < -0.4 is 5.32 Å². The molecule has 0 aliphatic heterocycles. The van der Waals surface area contributed by atoms with Gasteiger partial charge in [-0.1, -0.05) is 23.8 Å². The van der Waals surface area contributed by atoms with Crippen LogP contribution in [-0.2, 0) is 13.5 Å². The zero-order valence-electron chi connectivity index (χ0n) is 10.7. The SMILES string of the molecule is CNCCc1cn(C)nc1-c1cccc(C)c1. The van der Waals surface area contributed by atoms with Crippen molar-refractivity contribution in [2.45, 2.75) is 13.3 Å². The molecule has 3 heteroatoms. The van der Waals surface area contributed by atoms with Gasteiger partial charge in [-0.05, 0) is 38.6 Å². The molecule has 3 nitrogen and oxygen atoms in total. The van der Waals surface area contributed by atoms with Crippen LogP contribution in [0, 0.1) is 6.92 Å². The molecule has 0 atom stereocenters. The number of nitrogens with one attached hydrogen (secondary N) is 1. The van der Waals surface area contributed by atoms with Gasteiger partial charge >= 0.3 is 0 Å². The van der Waals surface area contributed by atoms with E-state index in [1.807, 2.05) is 18.8 Å². The summed E-state index contributed by atoms with van der Waals surface area (Å²) in [5.41, 5.74) is 4.88. The highest BCUT2D eigenvalue weighted by Crippen LogP contribution is 2.22. The van der Waals surface area contributed by atoms with Gasteiger partial charge in [0.25, 0.3) is 0 Å². The van der Waals surface area contributed by atoms with Crippen molar-refractivity contribution in [3.05, 3.63) is 41.6 Å². The molecular weight excluding hydrogens is 210 g/mol. The van der Waals surface area contributed by atoms with Crippen LogP contribution in [0.2, 0.25) is 0 Å². The van der Waals surface area contributed by atoms with Crippen molar-refractivity contribution in [3.8, 4) is 11.3 Å². The summed E-state index contributed by atoms with van der Waals surface area (Å²) < 4.78 is 1.89. The maximum absolute atomic E-state index is 4.56. The van der Waals surface area contributed by atoms with E-state index in [9.17, 15) is 0 Å². The van der Waals surface area contributed by atoms with E-state index in [4.69, 9.17) is 0 Å². The summed E-state index contributed by atoms with van der Waals surface area (Å²) >= 11 is 0. The van der Waals surface area contributed by atoms with E-state index in [0.717, 1.165) is 18.7 Å². The van der Waals surface area contributed by atoms with Crippen LogP contribution in [0.4, 0.5) is 0 Å². The fourth-order valence-corrected chi connectivity index (χ4v) is 2.02. The maximum atomic E-state index is 4.56. The van der Waals surface area contributed by atoms with Gasteiger partial charge in [-0.25, -0.2) is 0 Å². The Balaban J connectivity index is 2.37. The van der Waals surface area contributed by atoms with Crippen LogP contribution in [-0.4, -0.2) is 23.4 Å². The van der Waals surface area contributed by atoms with Gasteiger partial charge in [-0.3, -0.25) is 4.68 Å². The quantitative estimate of drug-likeness (QED) is 0.870. The Morgan fingerprint density at radius 1 is 1.35 bits per heavy atom. The molecule has 1 heterocycles. The van der Waals surface area contributed by atoms with Crippen molar-refractivity contribution in [2.75, 3.05) is 13.6 Å². The fourth-order valence-electron chi connectivity index (χ4n) is 2.02. The average Bonchev–Trinajstić information content (AvgIpc) is 2.68. The topological polar surface area (TPSA) is 29.9 Å². The lowest BCUT2D eigenvalue weighted by Crippen LogP contribution is -2.10. The molecule has 2 aromatic rings. The molecule has 90 valence electrons. The Morgan fingerprint density at radius 3 is 2.88 bits per heavy atom.